The highest BCUT2D eigenvalue weighted by Crippen LogP contribution is 2.50. The molecule has 6 heteroatoms. The Kier molecular flexibility index (Phi) is 3.20. The molecule has 3 atom stereocenters. The second kappa shape index (κ2) is 4.24. The van der Waals surface area contributed by atoms with Crippen molar-refractivity contribution in [2.45, 2.75) is 44.3 Å². The van der Waals surface area contributed by atoms with E-state index in [0.717, 1.165) is 12.8 Å². The summed E-state index contributed by atoms with van der Waals surface area (Å²) in [5.74, 6) is -0.780. The molecule has 0 spiro atoms. The highest BCUT2D eigenvalue weighted by molar-refractivity contribution is 7.90. The van der Waals surface area contributed by atoms with Gasteiger partial charge in [0.25, 0.3) is 0 Å². The van der Waals surface area contributed by atoms with E-state index >= 15 is 0 Å². The van der Waals surface area contributed by atoms with Gasteiger partial charge in [-0.2, -0.15) is 0 Å². The van der Waals surface area contributed by atoms with Crippen LogP contribution in [0.2, 0.25) is 0 Å². The molecule has 98 valence electrons. The first-order chi connectivity index (χ1) is 7.83. The zero-order valence-corrected chi connectivity index (χ0v) is 10.7. The SMILES string of the molecule is CS(=O)(=O)CCCC1(C(=O)O)CC2CCC1O2. The van der Waals surface area contributed by atoms with Crippen LogP contribution in [0.15, 0.2) is 0 Å². The van der Waals surface area contributed by atoms with Gasteiger partial charge < -0.3 is 9.84 Å². The van der Waals surface area contributed by atoms with Gasteiger partial charge in [0.2, 0.25) is 0 Å². The van der Waals surface area contributed by atoms with Gasteiger partial charge in [0, 0.05) is 12.0 Å². The smallest absolute Gasteiger partial charge is 0.312 e. The predicted molar refractivity (Wildman–Crippen MR) is 61.5 cm³/mol. The first-order valence-electron chi connectivity index (χ1n) is 5.90. The number of aliphatic carboxylic acids is 1. The monoisotopic (exact) mass is 262 g/mol. The van der Waals surface area contributed by atoms with E-state index in [1.807, 2.05) is 0 Å². The maximum absolute atomic E-state index is 11.4. The van der Waals surface area contributed by atoms with Crippen LogP contribution in [0.25, 0.3) is 0 Å². The first-order valence-corrected chi connectivity index (χ1v) is 7.96. The number of carboxylic acids is 1. The molecular formula is C11H18O5S. The Labute approximate surface area is 101 Å². The van der Waals surface area contributed by atoms with Crippen LogP contribution in [-0.4, -0.2) is 43.7 Å². The minimum Gasteiger partial charge on any atom is -0.481 e. The normalized spacial score (nSPS) is 36.3. The van der Waals surface area contributed by atoms with E-state index in [4.69, 9.17) is 4.74 Å². The third-order valence-electron chi connectivity index (χ3n) is 3.88. The molecule has 5 nitrogen and oxygen atoms in total. The molecule has 0 aromatic heterocycles. The molecule has 2 saturated heterocycles. The molecule has 0 radical (unpaired) electrons. The molecular weight excluding hydrogens is 244 g/mol. The molecule has 0 aromatic rings. The molecule has 0 aliphatic carbocycles. The van der Waals surface area contributed by atoms with Crippen molar-refractivity contribution in [3.63, 3.8) is 0 Å². The zero-order valence-electron chi connectivity index (χ0n) is 9.89. The summed E-state index contributed by atoms with van der Waals surface area (Å²) in [4.78, 5) is 11.4. The van der Waals surface area contributed by atoms with Crippen molar-refractivity contribution in [1.29, 1.82) is 0 Å². The van der Waals surface area contributed by atoms with Crippen LogP contribution in [0.5, 0.6) is 0 Å². The van der Waals surface area contributed by atoms with Gasteiger partial charge in [0.1, 0.15) is 9.84 Å². The first kappa shape index (κ1) is 12.8. The minimum atomic E-state index is -3.02. The highest BCUT2D eigenvalue weighted by atomic mass is 32.2. The van der Waals surface area contributed by atoms with Gasteiger partial charge in [0.05, 0.1) is 17.6 Å². The molecule has 17 heavy (non-hydrogen) atoms. The second-order valence-corrected chi connectivity index (χ2v) is 7.48. The van der Waals surface area contributed by atoms with E-state index in [-0.39, 0.29) is 18.0 Å². The van der Waals surface area contributed by atoms with E-state index in [0.29, 0.717) is 19.3 Å². The summed E-state index contributed by atoms with van der Waals surface area (Å²) in [6.07, 6.45) is 4.09. The van der Waals surface area contributed by atoms with E-state index < -0.39 is 21.2 Å². The maximum Gasteiger partial charge on any atom is 0.312 e. The van der Waals surface area contributed by atoms with Crippen molar-refractivity contribution in [2.75, 3.05) is 12.0 Å². The van der Waals surface area contributed by atoms with Gasteiger partial charge in [-0.05, 0) is 32.1 Å². The Bertz CT molecular complexity index is 416. The second-order valence-electron chi connectivity index (χ2n) is 5.22. The average molecular weight is 262 g/mol. The minimum absolute atomic E-state index is 0.0550. The lowest BCUT2D eigenvalue weighted by Crippen LogP contribution is -2.40. The van der Waals surface area contributed by atoms with Crippen LogP contribution in [0.4, 0.5) is 0 Å². The number of carboxylic acid groups (broad SMARTS) is 1. The summed E-state index contributed by atoms with van der Waals surface area (Å²) < 4.78 is 27.7. The summed E-state index contributed by atoms with van der Waals surface area (Å²) in [5.41, 5.74) is -0.840. The molecule has 0 saturated carbocycles. The Hall–Kier alpha value is -0.620. The molecule has 2 fully saturated rings. The summed E-state index contributed by atoms with van der Waals surface area (Å²) in [5, 5.41) is 9.39. The number of rotatable bonds is 5. The van der Waals surface area contributed by atoms with Crippen LogP contribution in [0.1, 0.15) is 32.1 Å². The molecule has 3 unspecified atom stereocenters. The highest BCUT2D eigenvalue weighted by Gasteiger charge is 2.56. The third-order valence-corrected chi connectivity index (χ3v) is 4.91. The number of fused-ring (bicyclic) bond motifs is 2. The van der Waals surface area contributed by atoms with Gasteiger partial charge in [-0.15, -0.1) is 0 Å². The molecule has 1 N–H and O–H groups in total. The van der Waals surface area contributed by atoms with Gasteiger partial charge in [-0.25, -0.2) is 8.42 Å². The molecule has 0 aromatic carbocycles. The van der Waals surface area contributed by atoms with Crippen LogP contribution >= 0.6 is 0 Å². The average Bonchev–Trinajstić information content (AvgIpc) is 2.75. The van der Waals surface area contributed by atoms with Crippen LogP contribution in [0.3, 0.4) is 0 Å². The Morgan fingerprint density at radius 2 is 2.18 bits per heavy atom. The summed E-state index contributed by atoms with van der Waals surface area (Å²) in [6.45, 7) is 0. The number of ether oxygens (including phenoxy) is 1. The number of sulfone groups is 1. The fourth-order valence-electron chi connectivity index (χ4n) is 3.04. The van der Waals surface area contributed by atoms with Crippen LogP contribution < -0.4 is 0 Å². The van der Waals surface area contributed by atoms with E-state index in [1.165, 1.54) is 6.26 Å². The number of carbonyl (C=O) groups is 1. The Balaban J connectivity index is 2.02. The summed E-state index contributed by atoms with van der Waals surface area (Å²) in [7, 11) is -3.02. The number of hydrogen-bond acceptors (Lipinski definition) is 4. The number of hydrogen-bond donors (Lipinski definition) is 1. The zero-order chi connectivity index (χ0) is 12.7. The van der Waals surface area contributed by atoms with Crippen molar-refractivity contribution in [3.8, 4) is 0 Å². The van der Waals surface area contributed by atoms with Crippen molar-refractivity contribution in [2.24, 2.45) is 5.41 Å². The molecule has 0 amide bonds. The lowest BCUT2D eigenvalue weighted by Gasteiger charge is -2.30. The van der Waals surface area contributed by atoms with Crippen molar-refractivity contribution in [3.05, 3.63) is 0 Å². The largest absolute Gasteiger partial charge is 0.481 e. The van der Waals surface area contributed by atoms with Crippen molar-refractivity contribution in [1.82, 2.24) is 0 Å². The topological polar surface area (TPSA) is 80.7 Å². The lowest BCUT2D eigenvalue weighted by molar-refractivity contribution is -0.152. The molecule has 2 aliphatic rings. The molecule has 2 bridgehead atoms. The van der Waals surface area contributed by atoms with E-state index in [2.05, 4.69) is 0 Å². The predicted octanol–water partition coefficient (Wildman–Crippen LogP) is 0.833. The van der Waals surface area contributed by atoms with E-state index in [9.17, 15) is 18.3 Å². The van der Waals surface area contributed by atoms with Crippen LogP contribution in [-0.2, 0) is 19.4 Å². The van der Waals surface area contributed by atoms with Gasteiger partial charge in [0.15, 0.2) is 0 Å². The Morgan fingerprint density at radius 3 is 2.59 bits per heavy atom. The van der Waals surface area contributed by atoms with Crippen molar-refractivity contribution < 1.29 is 23.1 Å². The molecule has 2 rings (SSSR count). The van der Waals surface area contributed by atoms with Gasteiger partial charge in [-0.1, -0.05) is 0 Å². The fraction of sp³-hybridized carbons (Fsp3) is 0.909. The van der Waals surface area contributed by atoms with Gasteiger partial charge >= 0.3 is 5.97 Å². The summed E-state index contributed by atoms with van der Waals surface area (Å²) >= 11 is 0. The van der Waals surface area contributed by atoms with Crippen molar-refractivity contribution >= 4 is 15.8 Å². The summed E-state index contributed by atoms with van der Waals surface area (Å²) in [6, 6.07) is 0. The molecule has 2 heterocycles. The Morgan fingerprint density at radius 1 is 1.47 bits per heavy atom. The third kappa shape index (κ3) is 2.47. The standard InChI is InChI=1S/C11H18O5S/c1-17(14,15)6-2-5-11(10(12)13)7-8-3-4-9(11)16-8/h8-9H,2-7H2,1H3,(H,12,13). The molecule has 2 aliphatic heterocycles. The van der Waals surface area contributed by atoms with Gasteiger partial charge in [-0.3, -0.25) is 4.79 Å². The van der Waals surface area contributed by atoms with E-state index in [1.54, 1.807) is 0 Å². The maximum atomic E-state index is 11.4. The quantitative estimate of drug-likeness (QED) is 0.794. The van der Waals surface area contributed by atoms with Crippen LogP contribution in [0, 0.1) is 5.41 Å². The fourth-order valence-corrected chi connectivity index (χ4v) is 3.71. The lowest BCUT2D eigenvalue weighted by atomic mass is 9.71.